The molecule has 1 atom stereocenters. The second kappa shape index (κ2) is 4.80. The third kappa shape index (κ3) is 2.51. The molecule has 1 heterocycles. The van der Waals surface area contributed by atoms with Crippen molar-refractivity contribution in [2.45, 2.75) is 25.2 Å². The van der Waals surface area contributed by atoms with Gasteiger partial charge >= 0.3 is 12.2 Å². The number of benzene rings is 1. The molecule has 5 nitrogen and oxygen atoms in total. The van der Waals surface area contributed by atoms with Crippen molar-refractivity contribution >= 4 is 29.2 Å². The van der Waals surface area contributed by atoms with Crippen LogP contribution in [0.3, 0.4) is 0 Å². The molecule has 0 spiro atoms. The van der Waals surface area contributed by atoms with Crippen molar-refractivity contribution in [1.82, 2.24) is 10.2 Å². The highest BCUT2D eigenvalue weighted by Crippen LogP contribution is 2.36. The summed E-state index contributed by atoms with van der Waals surface area (Å²) in [5.74, 6) is -1.37. The molecule has 21 heavy (non-hydrogen) atoms. The number of rotatable bonds is 2. The first kappa shape index (κ1) is 15.4. The standard InChI is InChI=1S/C12H11ClF3N3O2/c1-11(12(14,15)16)9(20)19(10(21)18-11)5-6-2-3-7(17)4-8(6)13/h2-4H,5,17H2,1H3,(H,18,21). The van der Waals surface area contributed by atoms with E-state index in [2.05, 4.69) is 0 Å². The summed E-state index contributed by atoms with van der Waals surface area (Å²) >= 11 is 5.89. The Balaban J connectivity index is 2.30. The van der Waals surface area contributed by atoms with Gasteiger partial charge in [0.15, 0.2) is 0 Å². The van der Waals surface area contributed by atoms with E-state index < -0.39 is 23.7 Å². The largest absolute Gasteiger partial charge is 0.420 e. The van der Waals surface area contributed by atoms with E-state index in [1.807, 2.05) is 0 Å². The van der Waals surface area contributed by atoms with Gasteiger partial charge in [-0.15, -0.1) is 0 Å². The highest BCUT2D eigenvalue weighted by Gasteiger charge is 2.64. The Bertz CT molecular complexity index is 620. The Morgan fingerprint density at radius 2 is 2.00 bits per heavy atom. The molecule has 1 fully saturated rings. The molecule has 1 aromatic carbocycles. The second-order valence-corrected chi connectivity index (χ2v) is 5.20. The molecule has 0 saturated carbocycles. The van der Waals surface area contributed by atoms with E-state index in [1.54, 1.807) is 5.32 Å². The minimum Gasteiger partial charge on any atom is -0.399 e. The van der Waals surface area contributed by atoms with Crippen molar-refractivity contribution in [3.63, 3.8) is 0 Å². The Morgan fingerprint density at radius 1 is 1.38 bits per heavy atom. The van der Waals surface area contributed by atoms with Gasteiger partial charge < -0.3 is 11.1 Å². The number of nitrogens with zero attached hydrogens (tertiary/aromatic N) is 1. The molecule has 1 aliphatic rings. The molecule has 0 aromatic heterocycles. The lowest BCUT2D eigenvalue weighted by molar-refractivity contribution is -0.191. The van der Waals surface area contributed by atoms with E-state index in [0.717, 1.165) is 0 Å². The van der Waals surface area contributed by atoms with E-state index >= 15 is 0 Å². The first-order chi connectivity index (χ1) is 9.56. The summed E-state index contributed by atoms with van der Waals surface area (Å²) in [5.41, 5.74) is 3.25. The molecule has 3 N–H and O–H groups in total. The average Bonchev–Trinajstić information content (AvgIpc) is 2.56. The lowest BCUT2D eigenvalue weighted by Gasteiger charge is -2.24. The van der Waals surface area contributed by atoms with Gasteiger partial charge in [-0.1, -0.05) is 17.7 Å². The fourth-order valence-corrected chi connectivity index (χ4v) is 2.14. The molecule has 0 radical (unpaired) electrons. The van der Waals surface area contributed by atoms with Gasteiger partial charge in [0.25, 0.3) is 5.91 Å². The molecular weight excluding hydrogens is 311 g/mol. The van der Waals surface area contributed by atoms with E-state index in [4.69, 9.17) is 17.3 Å². The Labute approximate surface area is 122 Å². The van der Waals surface area contributed by atoms with Gasteiger partial charge in [0.1, 0.15) is 0 Å². The third-order valence-corrected chi connectivity index (χ3v) is 3.60. The maximum atomic E-state index is 12.9. The number of carbonyl (C=O) groups is 2. The van der Waals surface area contributed by atoms with Crippen molar-refractivity contribution in [2.24, 2.45) is 0 Å². The van der Waals surface area contributed by atoms with Crippen LogP contribution in [0.2, 0.25) is 5.02 Å². The van der Waals surface area contributed by atoms with Crippen LogP contribution < -0.4 is 11.1 Å². The van der Waals surface area contributed by atoms with Crippen LogP contribution in [-0.2, 0) is 11.3 Å². The molecule has 114 valence electrons. The predicted molar refractivity (Wildman–Crippen MR) is 69.4 cm³/mol. The number of carbonyl (C=O) groups excluding carboxylic acids is 2. The van der Waals surface area contributed by atoms with Crippen molar-refractivity contribution in [3.8, 4) is 0 Å². The lowest BCUT2D eigenvalue weighted by atomic mass is 10.0. The highest BCUT2D eigenvalue weighted by molar-refractivity contribution is 6.31. The molecule has 1 saturated heterocycles. The van der Waals surface area contributed by atoms with Crippen LogP contribution >= 0.6 is 11.6 Å². The molecule has 0 bridgehead atoms. The molecule has 9 heteroatoms. The molecule has 0 aliphatic carbocycles. The first-order valence-electron chi connectivity index (χ1n) is 5.81. The first-order valence-corrected chi connectivity index (χ1v) is 6.19. The van der Waals surface area contributed by atoms with Crippen molar-refractivity contribution in [2.75, 3.05) is 5.73 Å². The predicted octanol–water partition coefficient (Wildman–Crippen LogP) is 2.29. The lowest BCUT2D eigenvalue weighted by Crippen LogP contribution is -2.56. The Hall–Kier alpha value is -1.96. The number of urea groups is 1. The summed E-state index contributed by atoms with van der Waals surface area (Å²) in [6, 6.07) is 3.19. The van der Waals surface area contributed by atoms with Gasteiger partial charge in [-0.25, -0.2) is 4.79 Å². The smallest absolute Gasteiger partial charge is 0.399 e. The van der Waals surface area contributed by atoms with Crippen LogP contribution in [0.15, 0.2) is 18.2 Å². The quantitative estimate of drug-likeness (QED) is 0.648. The number of hydrogen-bond donors (Lipinski definition) is 2. The number of nitrogens with one attached hydrogen (secondary N) is 1. The van der Waals surface area contributed by atoms with Gasteiger partial charge in [-0.2, -0.15) is 13.2 Å². The van der Waals surface area contributed by atoms with Crippen LogP contribution in [0, 0.1) is 0 Å². The number of nitrogens with two attached hydrogens (primary N) is 1. The number of halogens is 4. The highest BCUT2D eigenvalue weighted by atomic mass is 35.5. The zero-order valence-corrected chi connectivity index (χ0v) is 11.5. The average molecular weight is 322 g/mol. The topological polar surface area (TPSA) is 75.4 Å². The molecular formula is C12H11ClF3N3O2. The van der Waals surface area contributed by atoms with Crippen molar-refractivity contribution < 1.29 is 22.8 Å². The normalized spacial score (nSPS) is 22.6. The molecule has 1 aromatic rings. The Morgan fingerprint density at radius 3 is 2.48 bits per heavy atom. The van der Waals surface area contributed by atoms with Crippen LogP contribution in [0.5, 0.6) is 0 Å². The maximum absolute atomic E-state index is 12.9. The second-order valence-electron chi connectivity index (χ2n) is 4.80. The van der Waals surface area contributed by atoms with Crippen molar-refractivity contribution in [1.29, 1.82) is 0 Å². The van der Waals surface area contributed by atoms with Gasteiger partial charge in [-0.3, -0.25) is 9.69 Å². The molecule has 3 amide bonds. The van der Waals surface area contributed by atoms with Crippen molar-refractivity contribution in [3.05, 3.63) is 28.8 Å². The van der Waals surface area contributed by atoms with Gasteiger partial charge in [0.05, 0.1) is 6.54 Å². The van der Waals surface area contributed by atoms with E-state index in [1.165, 1.54) is 18.2 Å². The summed E-state index contributed by atoms with van der Waals surface area (Å²) in [5, 5.41) is 1.83. The minimum absolute atomic E-state index is 0.163. The zero-order valence-electron chi connectivity index (χ0n) is 10.8. The number of hydrogen-bond acceptors (Lipinski definition) is 3. The monoisotopic (exact) mass is 321 g/mol. The number of amides is 3. The number of alkyl halides is 3. The fourth-order valence-electron chi connectivity index (χ4n) is 1.89. The summed E-state index contributed by atoms with van der Waals surface area (Å²) in [4.78, 5) is 24.1. The number of nitrogen functional groups attached to an aromatic ring is 1. The third-order valence-electron chi connectivity index (χ3n) is 3.25. The van der Waals surface area contributed by atoms with Gasteiger partial charge in [0.2, 0.25) is 5.54 Å². The zero-order chi connectivity index (χ0) is 16.0. The minimum atomic E-state index is -4.89. The summed E-state index contributed by atoms with van der Waals surface area (Å²) in [7, 11) is 0. The number of imide groups is 1. The van der Waals surface area contributed by atoms with Crippen LogP contribution in [0.1, 0.15) is 12.5 Å². The van der Waals surface area contributed by atoms with E-state index in [9.17, 15) is 22.8 Å². The molecule has 2 rings (SSSR count). The fraction of sp³-hybridized carbons (Fsp3) is 0.333. The van der Waals surface area contributed by atoms with Crippen LogP contribution in [0.4, 0.5) is 23.7 Å². The summed E-state index contributed by atoms with van der Waals surface area (Å²) in [6.07, 6.45) is -4.89. The molecule has 1 aliphatic heterocycles. The van der Waals surface area contributed by atoms with Crippen LogP contribution in [0.25, 0.3) is 0 Å². The Kier molecular flexibility index (Phi) is 3.53. The van der Waals surface area contributed by atoms with Gasteiger partial charge in [-0.05, 0) is 24.6 Å². The molecule has 1 unspecified atom stereocenters. The van der Waals surface area contributed by atoms with E-state index in [-0.39, 0.29) is 11.6 Å². The van der Waals surface area contributed by atoms with E-state index in [0.29, 0.717) is 23.1 Å². The maximum Gasteiger partial charge on any atom is 0.420 e. The SMILES string of the molecule is CC1(C(F)(F)F)NC(=O)N(Cc2ccc(N)cc2Cl)C1=O. The summed E-state index contributed by atoms with van der Waals surface area (Å²) < 4.78 is 38.7. The number of anilines is 1. The van der Waals surface area contributed by atoms with Gasteiger partial charge in [0, 0.05) is 10.7 Å². The summed E-state index contributed by atoms with van der Waals surface area (Å²) in [6.45, 7) is 0.257. The van der Waals surface area contributed by atoms with Crippen LogP contribution in [-0.4, -0.2) is 28.6 Å².